The second-order valence-electron chi connectivity index (χ2n) is 8.92. The number of aromatic nitrogens is 2. The average molecular weight is 482 g/mol. The number of hydrogen-bond donors (Lipinski definition) is 4. The van der Waals surface area contributed by atoms with E-state index in [0.717, 1.165) is 16.9 Å². The number of aromatic amines is 1. The molecule has 1 heterocycles. The van der Waals surface area contributed by atoms with Crippen LogP contribution in [-0.4, -0.2) is 72.3 Å². The molecule has 0 radical (unpaired) electrons. The summed E-state index contributed by atoms with van der Waals surface area (Å²) in [6.07, 6.45) is -0.473. The molecular weight excluding hydrogens is 446 g/mol. The molecule has 35 heavy (non-hydrogen) atoms. The normalized spacial score (nSPS) is 12.7. The smallest absolute Gasteiger partial charge is 0.270 e. The fourth-order valence-electron chi connectivity index (χ4n) is 3.97. The predicted octanol–water partition coefficient (Wildman–Crippen LogP) is 1.38. The molecule has 0 saturated carbocycles. The summed E-state index contributed by atoms with van der Waals surface area (Å²) in [6.45, 7) is 1.70. The Morgan fingerprint density at radius 3 is 2.43 bits per heavy atom. The molecule has 4 N–H and O–H groups in total. The first kappa shape index (κ1) is 26.1. The zero-order valence-electron chi connectivity index (χ0n) is 20.7. The summed E-state index contributed by atoms with van der Waals surface area (Å²) in [4.78, 5) is 29.4. The summed E-state index contributed by atoms with van der Waals surface area (Å²) < 4.78 is 1.21. The number of likely N-dealkylation sites (N-methyl/N-ethyl adjacent to an activating group) is 1. The van der Waals surface area contributed by atoms with Crippen LogP contribution in [0.25, 0.3) is 0 Å². The highest BCUT2D eigenvalue weighted by atomic mass is 16.3. The summed E-state index contributed by atoms with van der Waals surface area (Å²) in [7, 11) is 5.84. The van der Waals surface area contributed by atoms with E-state index in [1.54, 1.807) is 6.92 Å². The van der Waals surface area contributed by atoms with Gasteiger partial charge in [-0.1, -0.05) is 36.4 Å². The van der Waals surface area contributed by atoms with Crippen molar-refractivity contribution in [1.82, 2.24) is 15.1 Å². The third-order valence-corrected chi connectivity index (χ3v) is 6.07. The second kappa shape index (κ2) is 11.7. The Kier molecular flexibility index (Phi) is 8.73. The van der Waals surface area contributed by atoms with E-state index in [0.29, 0.717) is 6.42 Å². The molecule has 9 nitrogen and oxygen atoms in total. The molecular formula is C26H35N5O4. The molecule has 1 amide bonds. The second-order valence-corrected chi connectivity index (χ2v) is 8.92. The van der Waals surface area contributed by atoms with Crippen molar-refractivity contribution in [2.24, 2.45) is 0 Å². The summed E-state index contributed by atoms with van der Waals surface area (Å²) >= 11 is 0. The quantitative estimate of drug-likeness (QED) is 0.329. The maximum atomic E-state index is 13.1. The van der Waals surface area contributed by atoms with Crippen molar-refractivity contribution in [3.63, 3.8) is 0 Å². The van der Waals surface area contributed by atoms with Crippen LogP contribution in [0.1, 0.15) is 21.6 Å². The maximum absolute atomic E-state index is 13.1. The number of nitrogens with zero attached hydrogens (tertiary/aromatic N) is 3. The van der Waals surface area contributed by atoms with Crippen molar-refractivity contribution in [2.45, 2.75) is 32.0 Å². The Labute approximate surface area is 205 Å². The number of benzene rings is 2. The monoisotopic (exact) mass is 481 g/mol. The Morgan fingerprint density at radius 1 is 1.09 bits per heavy atom. The molecule has 0 unspecified atom stereocenters. The summed E-state index contributed by atoms with van der Waals surface area (Å²) in [5.41, 5.74) is 3.00. The molecule has 0 fully saturated rings. The van der Waals surface area contributed by atoms with E-state index >= 15 is 0 Å². The number of carbonyl (C=O) groups excluding carboxylic acids is 1. The zero-order chi connectivity index (χ0) is 25.5. The molecule has 3 aromatic rings. The van der Waals surface area contributed by atoms with Crippen molar-refractivity contribution >= 4 is 17.3 Å². The molecule has 2 atom stereocenters. The zero-order valence-corrected chi connectivity index (χ0v) is 20.7. The highest BCUT2D eigenvalue weighted by Gasteiger charge is 2.26. The van der Waals surface area contributed by atoms with Crippen LogP contribution in [0, 0.1) is 6.92 Å². The lowest BCUT2D eigenvalue weighted by atomic mass is 10.00. The molecule has 0 aliphatic carbocycles. The van der Waals surface area contributed by atoms with E-state index in [4.69, 9.17) is 5.11 Å². The van der Waals surface area contributed by atoms with E-state index in [1.807, 2.05) is 85.5 Å². The van der Waals surface area contributed by atoms with Gasteiger partial charge in [-0.15, -0.1) is 0 Å². The van der Waals surface area contributed by atoms with Crippen LogP contribution < -0.4 is 20.7 Å². The molecule has 0 bridgehead atoms. The average Bonchev–Trinajstić information content (AvgIpc) is 3.13. The summed E-state index contributed by atoms with van der Waals surface area (Å²) in [5, 5.41) is 26.1. The first-order valence-corrected chi connectivity index (χ1v) is 11.6. The van der Waals surface area contributed by atoms with E-state index in [9.17, 15) is 14.7 Å². The SMILES string of the molecule is Cc1c(C(=O)N[C@@H](Cc2ccccc2)[C@H](O)CN(C)c2cccc(N(C)C)c2)[nH]n(CCO)c1=O. The van der Waals surface area contributed by atoms with Gasteiger partial charge in [-0.25, -0.2) is 0 Å². The minimum Gasteiger partial charge on any atom is -0.394 e. The van der Waals surface area contributed by atoms with Crippen LogP contribution in [0.5, 0.6) is 0 Å². The molecule has 0 aliphatic rings. The van der Waals surface area contributed by atoms with Gasteiger partial charge in [0, 0.05) is 44.6 Å². The minimum atomic E-state index is -0.890. The van der Waals surface area contributed by atoms with Crippen LogP contribution in [0.15, 0.2) is 59.4 Å². The third-order valence-electron chi connectivity index (χ3n) is 6.07. The standard InChI is InChI=1S/C26H35N5O4/c1-18-24(28-31(13-14-32)26(18)35)25(34)27-22(15-19-9-6-5-7-10-19)23(33)17-30(4)21-12-8-11-20(16-21)29(2)3/h5-12,16,22-23,28,32-33H,13-15,17H2,1-4H3,(H,27,34)/t22-,23+/m0/s1. The largest absolute Gasteiger partial charge is 0.394 e. The maximum Gasteiger partial charge on any atom is 0.270 e. The van der Waals surface area contributed by atoms with E-state index in [2.05, 4.69) is 10.4 Å². The van der Waals surface area contributed by atoms with E-state index < -0.39 is 18.1 Å². The van der Waals surface area contributed by atoms with Gasteiger partial charge in [0.15, 0.2) is 0 Å². The summed E-state index contributed by atoms with van der Waals surface area (Å²) in [6, 6.07) is 17.0. The molecule has 188 valence electrons. The Balaban J connectivity index is 1.81. The third kappa shape index (κ3) is 6.52. The number of aliphatic hydroxyl groups is 2. The van der Waals surface area contributed by atoms with Crippen LogP contribution in [0.2, 0.25) is 0 Å². The lowest BCUT2D eigenvalue weighted by Gasteiger charge is -2.29. The van der Waals surface area contributed by atoms with Gasteiger partial charge < -0.3 is 25.3 Å². The Morgan fingerprint density at radius 2 is 1.77 bits per heavy atom. The molecule has 3 rings (SSSR count). The van der Waals surface area contributed by atoms with Crippen molar-refractivity contribution in [3.8, 4) is 0 Å². The van der Waals surface area contributed by atoms with Gasteiger partial charge in [-0.05, 0) is 37.1 Å². The van der Waals surface area contributed by atoms with E-state index in [1.165, 1.54) is 4.68 Å². The number of carbonyl (C=O) groups is 1. The fraction of sp³-hybridized carbons (Fsp3) is 0.385. The van der Waals surface area contributed by atoms with Crippen molar-refractivity contribution < 1.29 is 15.0 Å². The number of H-pyrrole nitrogens is 1. The van der Waals surface area contributed by atoms with Crippen LogP contribution in [0.4, 0.5) is 11.4 Å². The van der Waals surface area contributed by atoms with Crippen LogP contribution in [0.3, 0.4) is 0 Å². The number of hydrogen-bond acceptors (Lipinski definition) is 6. The highest BCUT2D eigenvalue weighted by Crippen LogP contribution is 2.21. The molecule has 0 spiro atoms. The number of aliphatic hydroxyl groups excluding tert-OH is 2. The first-order valence-electron chi connectivity index (χ1n) is 11.6. The van der Waals surface area contributed by atoms with Gasteiger partial charge in [0.2, 0.25) is 0 Å². The van der Waals surface area contributed by atoms with Crippen molar-refractivity contribution in [3.05, 3.63) is 81.8 Å². The number of rotatable bonds is 11. The van der Waals surface area contributed by atoms with Gasteiger partial charge in [0.05, 0.1) is 25.3 Å². The topological polar surface area (TPSA) is 114 Å². The minimum absolute atomic E-state index is 0.0693. The number of nitrogens with one attached hydrogen (secondary N) is 2. The Bertz CT molecular complexity index is 1170. The molecule has 1 aromatic heterocycles. The van der Waals surface area contributed by atoms with Gasteiger partial charge >= 0.3 is 0 Å². The van der Waals surface area contributed by atoms with Gasteiger partial charge in [0.1, 0.15) is 5.69 Å². The van der Waals surface area contributed by atoms with Crippen molar-refractivity contribution in [2.75, 3.05) is 44.1 Å². The lowest BCUT2D eigenvalue weighted by Crippen LogP contribution is -2.49. The fourth-order valence-corrected chi connectivity index (χ4v) is 3.97. The van der Waals surface area contributed by atoms with Gasteiger partial charge in [0.25, 0.3) is 11.5 Å². The van der Waals surface area contributed by atoms with Crippen molar-refractivity contribution in [1.29, 1.82) is 0 Å². The van der Waals surface area contributed by atoms with Gasteiger partial charge in [-0.3, -0.25) is 19.4 Å². The highest BCUT2D eigenvalue weighted by molar-refractivity contribution is 5.93. The molecule has 0 aliphatic heterocycles. The van der Waals surface area contributed by atoms with Crippen LogP contribution >= 0.6 is 0 Å². The predicted molar refractivity (Wildman–Crippen MR) is 138 cm³/mol. The lowest BCUT2D eigenvalue weighted by molar-refractivity contribution is 0.0837. The summed E-state index contributed by atoms with van der Waals surface area (Å²) in [5.74, 6) is -0.478. The number of amides is 1. The Hall–Kier alpha value is -3.56. The number of anilines is 2. The molecule has 0 saturated heterocycles. The first-order chi connectivity index (χ1) is 16.7. The van der Waals surface area contributed by atoms with E-state index in [-0.39, 0.29) is 36.5 Å². The van der Waals surface area contributed by atoms with Crippen LogP contribution in [-0.2, 0) is 13.0 Å². The molecule has 2 aromatic carbocycles. The van der Waals surface area contributed by atoms with Gasteiger partial charge in [-0.2, -0.15) is 0 Å². The molecule has 9 heteroatoms.